The molecule has 1 atom stereocenters. The predicted octanol–water partition coefficient (Wildman–Crippen LogP) is 1.11. The summed E-state index contributed by atoms with van der Waals surface area (Å²) in [5.41, 5.74) is 2.49. The van der Waals surface area contributed by atoms with Crippen molar-refractivity contribution in [1.82, 2.24) is 15.0 Å². The summed E-state index contributed by atoms with van der Waals surface area (Å²) < 4.78 is 21.7. The average Bonchev–Trinajstić information content (AvgIpc) is 3.36. The lowest BCUT2D eigenvalue weighted by atomic mass is 10.1. The Hall–Kier alpha value is -3.47. The quantitative estimate of drug-likeness (QED) is 0.672. The van der Waals surface area contributed by atoms with E-state index in [0.29, 0.717) is 5.57 Å². The SMILES string of the molecule is CCOC(=O)C1=C2CN(c3nc4c(cc3F)c(=O)c(C(=O)O)cn4C3CC3)CC2ON1. The van der Waals surface area contributed by atoms with E-state index >= 15 is 4.39 Å². The van der Waals surface area contributed by atoms with Gasteiger partial charge in [-0.3, -0.25) is 15.1 Å². The van der Waals surface area contributed by atoms with E-state index in [4.69, 9.17) is 9.57 Å². The number of hydroxylamine groups is 1. The van der Waals surface area contributed by atoms with Crippen molar-refractivity contribution in [1.29, 1.82) is 0 Å². The van der Waals surface area contributed by atoms with Gasteiger partial charge >= 0.3 is 11.9 Å². The molecule has 1 saturated heterocycles. The molecule has 3 aliphatic rings. The van der Waals surface area contributed by atoms with Crippen molar-refractivity contribution < 1.29 is 28.7 Å². The van der Waals surface area contributed by atoms with Crippen LogP contribution in [-0.4, -0.2) is 52.4 Å². The normalized spacial score (nSPS) is 20.2. The van der Waals surface area contributed by atoms with Crippen LogP contribution in [0.1, 0.15) is 36.2 Å². The third-order valence-electron chi connectivity index (χ3n) is 5.65. The van der Waals surface area contributed by atoms with Crippen molar-refractivity contribution in [2.45, 2.75) is 31.9 Å². The molecular weight excluding hydrogens is 411 g/mol. The van der Waals surface area contributed by atoms with Crippen LogP contribution in [0.4, 0.5) is 10.2 Å². The molecule has 0 amide bonds. The predicted molar refractivity (Wildman–Crippen MR) is 105 cm³/mol. The third kappa shape index (κ3) is 3.12. The Kier molecular flexibility index (Phi) is 4.43. The Balaban J connectivity index is 1.58. The summed E-state index contributed by atoms with van der Waals surface area (Å²) in [6.45, 7) is 2.36. The number of ether oxygens (including phenoxy) is 1. The van der Waals surface area contributed by atoms with Crippen LogP contribution in [0, 0.1) is 5.82 Å². The van der Waals surface area contributed by atoms with Crippen LogP contribution >= 0.6 is 0 Å². The second-order valence-electron chi connectivity index (χ2n) is 7.69. The van der Waals surface area contributed by atoms with Crippen LogP contribution in [0.15, 0.2) is 28.3 Å². The summed E-state index contributed by atoms with van der Waals surface area (Å²) in [5.74, 6) is -2.64. The Bertz CT molecular complexity index is 1220. The Morgan fingerprint density at radius 1 is 1.42 bits per heavy atom. The molecule has 1 aliphatic carbocycles. The van der Waals surface area contributed by atoms with Gasteiger partial charge in [0, 0.05) is 24.4 Å². The molecule has 11 heteroatoms. The summed E-state index contributed by atoms with van der Waals surface area (Å²) in [7, 11) is 0. The molecule has 4 heterocycles. The lowest BCUT2D eigenvalue weighted by Crippen LogP contribution is -2.29. The van der Waals surface area contributed by atoms with Gasteiger partial charge in [-0.2, -0.15) is 0 Å². The molecule has 2 fully saturated rings. The number of rotatable bonds is 5. The number of nitrogens with zero attached hydrogens (tertiary/aromatic N) is 3. The number of carbonyl (C=O) groups is 2. The number of esters is 1. The minimum atomic E-state index is -1.36. The molecule has 2 N–H and O–H groups in total. The minimum Gasteiger partial charge on any atom is -0.477 e. The van der Waals surface area contributed by atoms with Gasteiger partial charge in [0.05, 0.1) is 18.5 Å². The van der Waals surface area contributed by atoms with Gasteiger partial charge in [0.25, 0.3) is 0 Å². The first-order chi connectivity index (χ1) is 14.9. The molecule has 2 aromatic rings. The zero-order chi connectivity index (χ0) is 21.9. The van der Waals surface area contributed by atoms with Crippen LogP contribution in [0.2, 0.25) is 0 Å². The number of nitrogens with one attached hydrogen (secondary N) is 1. The van der Waals surface area contributed by atoms with E-state index < -0.39 is 34.9 Å². The lowest BCUT2D eigenvalue weighted by Gasteiger charge is -2.20. The summed E-state index contributed by atoms with van der Waals surface area (Å²) in [5, 5.41) is 9.28. The fourth-order valence-corrected chi connectivity index (χ4v) is 4.01. The van der Waals surface area contributed by atoms with Gasteiger partial charge < -0.3 is 19.3 Å². The molecule has 10 nitrogen and oxygen atoms in total. The minimum absolute atomic E-state index is 0.0121. The van der Waals surface area contributed by atoms with Crippen LogP contribution in [-0.2, 0) is 14.4 Å². The first-order valence-corrected chi connectivity index (χ1v) is 9.94. The van der Waals surface area contributed by atoms with Crippen molar-refractivity contribution in [3.8, 4) is 0 Å². The van der Waals surface area contributed by atoms with E-state index in [0.717, 1.165) is 18.9 Å². The molecule has 2 aliphatic heterocycles. The van der Waals surface area contributed by atoms with Crippen molar-refractivity contribution in [3.05, 3.63) is 45.1 Å². The summed E-state index contributed by atoms with van der Waals surface area (Å²) >= 11 is 0. The largest absolute Gasteiger partial charge is 0.477 e. The van der Waals surface area contributed by atoms with E-state index in [1.807, 2.05) is 0 Å². The summed E-state index contributed by atoms with van der Waals surface area (Å²) in [6, 6.07) is 1.06. The van der Waals surface area contributed by atoms with E-state index in [2.05, 4.69) is 10.5 Å². The number of halogens is 1. The number of pyridine rings is 2. The van der Waals surface area contributed by atoms with E-state index in [1.54, 1.807) is 16.4 Å². The van der Waals surface area contributed by atoms with E-state index in [1.165, 1.54) is 6.20 Å². The van der Waals surface area contributed by atoms with Gasteiger partial charge in [-0.15, -0.1) is 0 Å². The lowest BCUT2D eigenvalue weighted by molar-refractivity contribution is -0.140. The highest BCUT2D eigenvalue weighted by atomic mass is 19.1. The second kappa shape index (κ2) is 7.05. The molecule has 0 spiro atoms. The van der Waals surface area contributed by atoms with Crippen LogP contribution in [0.25, 0.3) is 11.0 Å². The zero-order valence-corrected chi connectivity index (χ0v) is 16.6. The highest BCUT2D eigenvalue weighted by molar-refractivity contribution is 5.92. The fourth-order valence-electron chi connectivity index (χ4n) is 4.01. The summed E-state index contributed by atoms with van der Waals surface area (Å²) in [4.78, 5) is 47.6. The number of aromatic carboxylic acids is 1. The summed E-state index contributed by atoms with van der Waals surface area (Å²) in [6.07, 6.45) is 2.47. The molecule has 1 saturated carbocycles. The van der Waals surface area contributed by atoms with Gasteiger partial charge in [-0.25, -0.2) is 19.0 Å². The number of anilines is 1. The monoisotopic (exact) mass is 430 g/mol. The molecule has 31 heavy (non-hydrogen) atoms. The van der Waals surface area contributed by atoms with E-state index in [-0.39, 0.29) is 48.3 Å². The molecule has 0 radical (unpaired) electrons. The molecule has 0 aromatic carbocycles. The van der Waals surface area contributed by atoms with Crippen LogP contribution in [0.3, 0.4) is 0 Å². The maximum absolute atomic E-state index is 15.0. The third-order valence-corrected chi connectivity index (χ3v) is 5.65. The topological polar surface area (TPSA) is 123 Å². The number of carboxylic acid groups (broad SMARTS) is 1. The Morgan fingerprint density at radius 2 is 2.19 bits per heavy atom. The van der Waals surface area contributed by atoms with Gasteiger partial charge in [0.15, 0.2) is 11.6 Å². The smallest absolute Gasteiger partial charge is 0.356 e. The molecular formula is C20H19FN4O6. The molecule has 1 unspecified atom stereocenters. The highest BCUT2D eigenvalue weighted by Crippen LogP contribution is 2.38. The molecule has 162 valence electrons. The van der Waals surface area contributed by atoms with Crippen molar-refractivity contribution in [3.63, 3.8) is 0 Å². The number of hydrogen-bond donors (Lipinski definition) is 2. The number of fused-ring (bicyclic) bond motifs is 2. The first-order valence-electron chi connectivity index (χ1n) is 9.94. The van der Waals surface area contributed by atoms with Gasteiger partial charge in [0.2, 0.25) is 5.43 Å². The van der Waals surface area contributed by atoms with Gasteiger partial charge in [0.1, 0.15) is 23.0 Å². The highest BCUT2D eigenvalue weighted by Gasteiger charge is 2.40. The van der Waals surface area contributed by atoms with Crippen molar-refractivity contribution >= 4 is 28.8 Å². The number of carboxylic acids is 1. The van der Waals surface area contributed by atoms with Gasteiger partial charge in [-0.05, 0) is 25.8 Å². The standard InChI is InChI=1S/C20H19FN4O6/c1-2-30-20(29)15-11-6-24(8-14(11)31-23-15)18-13(21)5-10-16(26)12(19(27)28)7-25(9-3-4-9)17(10)22-18/h5,7,9,14,23H,2-4,6,8H2,1H3,(H,27,28). The zero-order valence-electron chi connectivity index (χ0n) is 16.6. The van der Waals surface area contributed by atoms with Crippen LogP contribution in [0.5, 0.6) is 0 Å². The number of hydrogen-bond acceptors (Lipinski definition) is 8. The first kappa shape index (κ1) is 19.5. The number of carbonyl (C=O) groups excluding carboxylic acids is 1. The Labute approximate surface area is 174 Å². The van der Waals surface area contributed by atoms with Crippen molar-refractivity contribution in [2.75, 3.05) is 24.6 Å². The molecule has 2 aromatic heterocycles. The number of aromatic nitrogens is 2. The fraction of sp³-hybridized carbons (Fsp3) is 0.400. The molecule has 0 bridgehead atoms. The maximum atomic E-state index is 15.0. The molecule has 5 rings (SSSR count). The maximum Gasteiger partial charge on any atom is 0.356 e. The van der Waals surface area contributed by atoms with Crippen LogP contribution < -0.4 is 15.8 Å². The second-order valence-corrected chi connectivity index (χ2v) is 7.69. The average molecular weight is 430 g/mol. The van der Waals surface area contributed by atoms with Crippen molar-refractivity contribution in [2.24, 2.45) is 0 Å². The Morgan fingerprint density at radius 3 is 2.87 bits per heavy atom. The van der Waals surface area contributed by atoms with E-state index in [9.17, 15) is 19.5 Å². The van der Waals surface area contributed by atoms with Gasteiger partial charge in [-0.1, -0.05) is 0 Å².